The Bertz CT molecular complexity index is 466. The number of nitrogens with two attached hydrogens (primary N) is 1. The lowest BCUT2D eigenvalue weighted by molar-refractivity contribution is 0.0596. The molecule has 1 aromatic heterocycles. The minimum atomic E-state index is 0.0477. The van der Waals surface area contributed by atoms with Crippen molar-refractivity contribution in [2.24, 2.45) is 0 Å². The molecule has 5 nitrogen and oxygen atoms in total. The van der Waals surface area contributed by atoms with Crippen molar-refractivity contribution in [3.8, 4) is 0 Å². The Balaban J connectivity index is 2.32. The molecule has 19 heavy (non-hydrogen) atoms. The Kier molecular flexibility index (Phi) is 4.12. The predicted octanol–water partition coefficient (Wildman–Crippen LogP) is 2.20. The number of nitrogen functional groups attached to an aromatic ring is 1. The number of amides is 1. The molecule has 0 aliphatic carbocycles. The molecule has 1 saturated heterocycles. The number of hydrogen-bond donors (Lipinski definition) is 1. The van der Waals surface area contributed by atoms with Crippen molar-refractivity contribution in [2.75, 3.05) is 12.3 Å². The number of anilines is 1. The van der Waals surface area contributed by atoms with Crippen LogP contribution in [0.25, 0.3) is 0 Å². The van der Waals surface area contributed by atoms with Gasteiger partial charge in [-0.2, -0.15) is 5.10 Å². The monoisotopic (exact) mass is 264 g/mol. The van der Waals surface area contributed by atoms with Crippen molar-refractivity contribution < 1.29 is 4.79 Å². The summed E-state index contributed by atoms with van der Waals surface area (Å²) in [6, 6.07) is 0.348. The molecule has 0 saturated carbocycles. The van der Waals surface area contributed by atoms with Crippen LogP contribution in [-0.4, -0.2) is 33.2 Å². The Labute approximate surface area is 114 Å². The van der Waals surface area contributed by atoms with Crippen LogP contribution in [0, 0.1) is 6.92 Å². The molecule has 1 aromatic rings. The molecule has 1 aliphatic rings. The van der Waals surface area contributed by atoms with Gasteiger partial charge in [-0.3, -0.25) is 9.48 Å². The number of aromatic nitrogens is 2. The van der Waals surface area contributed by atoms with E-state index in [1.807, 2.05) is 18.7 Å². The molecule has 0 aromatic carbocycles. The lowest BCUT2D eigenvalue weighted by Crippen LogP contribution is -2.44. The van der Waals surface area contributed by atoms with E-state index in [-0.39, 0.29) is 5.91 Å². The number of carbonyl (C=O) groups excluding carboxylic acids is 1. The predicted molar refractivity (Wildman–Crippen MR) is 76.0 cm³/mol. The summed E-state index contributed by atoms with van der Waals surface area (Å²) in [5.74, 6) is 0.0477. The van der Waals surface area contributed by atoms with Gasteiger partial charge in [0.1, 0.15) is 5.69 Å². The van der Waals surface area contributed by atoms with Crippen LogP contribution in [0.15, 0.2) is 0 Å². The van der Waals surface area contributed by atoms with Crippen LogP contribution in [0.5, 0.6) is 0 Å². The van der Waals surface area contributed by atoms with Crippen LogP contribution in [0.3, 0.4) is 0 Å². The molecule has 2 N–H and O–H groups in total. The van der Waals surface area contributed by atoms with Gasteiger partial charge in [0.15, 0.2) is 0 Å². The third kappa shape index (κ3) is 2.46. The van der Waals surface area contributed by atoms with Crippen LogP contribution in [0.4, 0.5) is 5.69 Å². The highest BCUT2D eigenvalue weighted by molar-refractivity contribution is 5.98. The number of piperidine rings is 1. The highest BCUT2D eigenvalue weighted by Gasteiger charge is 2.30. The number of nitrogens with zero attached hydrogens (tertiary/aromatic N) is 3. The largest absolute Gasteiger partial charge is 0.395 e. The summed E-state index contributed by atoms with van der Waals surface area (Å²) in [7, 11) is 0. The second-order valence-electron chi connectivity index (χ2n) is 5.22. The smallest absolute Gasteiger partial charge is 0.274 e. The minimum Gasteiger partial charge on any atom is -0.395 e. The van der Waals surface area contributed by atoms with Crippen LogP contribution >= 0.6 is 0 Å². The zero-order valence-corrected chi connectivity index (χ0v) is 12.1. The lowest BCUT2D eigenvalue weighted by Gasteiger charge is -2.35. The Hall–Kier alpha value is -1.52. The van der Waals surface area contributed by atoms with Crippen LogP contribution in [0.1, 0.15) is 55.7 Å². The topological polar surface area (TPSA) is 64.2 Å². The first-order chi connectivity index (χ1) is 9.10. The fourth-order valence-corrected chi connectivity index (χ4v) is 2.88. The maximum Gasteiger partial charge on any atom is 0.274 e. The fourth-order valence-electron chi connectivity index (χ4n) is 2.88. The first-order valence-electron chi connectivity index (χ1n) is 7.23. The van der Waals surface area contributed by atoms with E-state index < -0.39 is 0 Å². The van der Waals surface area contributed by atoms with Crippen molar-refractivity contribution in [1.29, 1.82) is 0 Å². The van der Waals surface area contributed by atoms with E-state index in [2.05, 4.69) is 12.0 Å². The van der Waals surface area contributed by atoms with Crippen molar-refractivity contribution in [2.45, 2.75) is 59.0 Å². The molecular formula is C14H24N4O. The zero-order chi connectivity index (χ0) is 14.0. The van der Waals surface area contributed by atoms with Gasteiger partial charge in [0, 0.05) is 19.1 Å². The van der Waals surface area contributed by atoms with Gasteiger partial charge >= 0.3 is 0 Å². The normalized spacial score (nSPS) is 19.7. The third-order valence-electron chi connectivity index (χ3n) is 4.04. The second-order valence-corrected chi connectivity index (χ2v) is 5.22. The van der Waals surface area contributed by atoms with Gasteiger partial charge in [0.05, 0.1) is 11.4 Å². The molecule has 0 spiro atoms. The second kappa shape index (κ2) is 5.63. The van der Waals surface area contributed by atoms with Gasteiger partial charge in [0.25, 0.3) is 5.91 Å². The first-order valence-corrected chi connectivity index (χ1v) is 7.23. The van der Waals surface area contributed by atoms with Crippen LogP contribution in [-0.2, 0) is 6.54 Å². The van der Waals surface area contributed by atoms with E-state index in [1.165, 1.54) is 6.42 Å². The van der Waals surface area contributed by atoms with Gasteiger partial charge in [0.2, 0.25) is 0 Å². The standard InChI is InChI=1S/C14H24N4O/c1-4-11-8-6-7-9-17(11)14(19)13-12(15)10(3)16-18(13)5-2/h11H,4-9,15H2,1-3H3. The average Bonchev–Trinajstić information content (AvgIpc) is 2.73. The van der Waals surface area contributed by atoms with E-state index in [4.69, 9.17) is 5.73 Å². The van der Waals surface area contributed by atoms with Crippen molar-refractivity contribution in [3.63, 3.8) is 0 Å². The molecule has 106 valence electrons. The van der Waals surface area contributed by atoms with E-state index in [0.717, 1.165) is 31.5 Å². The first kappa shape index (κ1) is 13.9. The SMILES string of the molecule is CCC1CCCCN1C(=O)c1c(N)c(C)nn1CC. The molecule has 0 radical (unpaired) electrons. The molecule has 0 bridgehead atoms. The number of rotatable bonds is 3. The summed E-state index contributed by atoms with van der Waals surface area (Å²) in [6.45, 7) is 7.48. The highest BCUT2D eigenvalue weighted by Crippen LogP contribution is 2.25. The fraction of sp³-hybridized carbons (Fsp3) is 0.714. The zero-order valence-electron chi connectivity index (χ0n) is 12.1. The van der Waals surface area contributed by atoms with Gasteiger partial charge in [-0.05, 0) is 39.5 Å². The summed E-state index contributed by atoms with van der Waals surface area (Å²) in [6.07, 6.45) is 4.40. The van der Waals surface area contributed by atoms with Crippen molar-refractivity contribution in [1.82, 2.24) is 14.7 Å². The quantitative estimate of drug-likeness (QED) is 0.910. The Morgan fingerprint density at radius 3 is 2.79 bits per heavy atom. The van der Waals surface area contributed by atoms with Gasteiger partial charge in [-0.15, -0.1) is 0 Å². The van der Waals surface area contributed by atoms with Gasteiger partial charge < -0.3 is 10.6 Å². The van der Waals surface area contributed by atoms with Crippen molar-refractivity contribution >= 4 is 11.6 Å². The van der Waals surface area contributed by atoms with E-state index in [9.17, 15) is 4.79 Å². The third-order valence-corrected chi connectivity index (χ3v) is 4.04. The summed E-state index contributed by atoms with van der Waals surface area (Å²) in [4.78, 5) is 14.8. The highest BCUT2D eigenvalue weighted by atomic mass is 16.2. The number of likely N-dealkylation sites (tertiary alicyclic amines) is 1. The van der Waals surface area contributed by atoms with E-state index >= 15 is 0 Å². The number of aryl methyl sites for hydroxylation is 2. The molecular weight excluding hydrogens is 240 g/mol. The molecule has 1 aliphatic heterocycles. The Morgan fingerprint density at radius 1 is 1.42 bits per heavy atom. The number of carbonyl (C=O) groups is 1. The van der Waals surface area contributed by atoms with Gasteiger partial charge in [-0.1, -0.05) is 6.92 Å². The van der Waals surface area contributed by atoms with E-state index in [0.29, 0.717) is 24.0 Å². The molecule has 1 unspecified atom stereocenters. The number of hydrogen-bond acceptors (Lipinski definition) is 3. The van der Waals surface area contributed by atoms with Crippen LogP contribution < -0.4 is 5.73 Å². The minimum absolute atomic E-state index is 0.0477. The summed E-state index contributed by atoms with van der Waals surface area (Å²) < 4.78 is 1.73. The average molecular weight is 264 g/mol. The molecule has 1 fully saturated rings. The summed E-state index contributed by atoms with van der Waals surface area (Å²) in [5.41, 5.74) is 7.89. The lowest BCUT2D eigenvalue weighted by atomic mass is 9.99. The van der Waals surface area contributed by atoms with Crippen molar-refractivity contribution in [3.05, 3.63) is 11.4 Å². The maximum atomic E-state index is 12.8. The molecule has 2 heterocycles. The Morgan fingerprint density at radius 2 is 2.16 bits per heavy atom. The van der Waals surface area contributed by atoms with E-state index in [1.54, 1.807) is 4.68 Å². The molecule has 1 atom stereocenters. The summed E-state index contributed by atoms with van der Waals surface area (Å²) >= 11 is 0. The molecule has 5 heteroatoms. The molecule has 1 amide bonds. The summed E-state index contributed by atoms with van der Waals surface area (Å²) in [5, 5.41) is 4.34. The maximum absolute atomic E-state index is 12.8. The van der Waals surface area contributed by atoms with Gasteiger partial charge in [-0.25, -0.2) is 0 Å². The molecule has 2 rings (SSSR count). The van der Waals surface area contributed by atoms with Crippen LogP contribution in [0.2, 0.25) is 0 Å².